The number of halogens is 1. The van der Waals surface area contributed by atoms with Crippen LogP contribution in [0.15, 0.2) is 24.3 Å². The smallest absolute Gasteiger partial charge is 0.373 e. The summed E-state index contributed by atoms with van der Waals surface area (Å²) in [4.78, 5) is 0. The Morgan fingerprint density at radius 3 is 2.07 bits per heavy atom. The van der Waals surface area contributed by atoms with E-state index in [-0.39, 0.29) is 0 Å². The molecular formula is C10H15FO3Si. The van der Waals surface area contributed by atoms with Crippen molar-refractivity contribution in [1.82, 2.24) is 0 Å². The van der Waals surface area contributed by atoms with Gasteiger partial charge in [0, 0.05) is 26.5 Å². The van der Waals surface area contributed by atoms with Crippen LogP contribution in [0, 0.1) is 0 Å². The topological polar surface area (TPSA) is 27.7 Å². The van der Waals surface area contributed by atoms with E-state index in [1.165, 1.54) is 21.3 Å². The molecule has 0 saturated heterocycles. The van der Waals surface area contributed by atoms with Gasteiger partial charge in [-0.25, -0.2) is 4.39 Å². The first-order chi connectivity index (χ1) is 7.24. The predicted octanol–water partition coefficient (Wildman–Crippen LogP) is 1.24. The molecular weight excluding hydrogens is 215 g/mol. The Balaban J connectivity index is 3.21. The fraction of sp³-hybridized carbons (Fsp3) is 0.400. The van der Waals surface area contributed by atoms with Gasteiger partial charge in [-0.2, -0.15) is 0 Å². The second-order valence-electron chi connectivity index (χ2n) is 2.96. The van der Waals surface area contributed by atoms with Crippen molar-refractivity contribution in [2.45, 2.75) is 6.67 Å². The molecule has 84 valence electrons. The molecule has 1 aromatic carbocycles. The number of hydrogen-bond acceptors (Lipinski definition) is 3. The largest absolute Gasteiger partial charge is 0.536 e. The van der Waals surface area contributed by atoms with Crippen molar-refractivity contribution < 1.29 is 17.7 Å². The maximum absolute atomic E-state index is 12.8. The van der Waals surface area contributed by atoms with Crippen molar-refractivity contribution in [3.8, 4) is 0 Å². The first kappa shape index (κ1) is 12.3. The molecule has 0 spiro atoms. The zero-order valence-corrected chi connectivity index (χ0v) is 10.1. The van der Waals surface area contributed by atoms with E-state index in [9.17, 15) is 4.39 Å². The number of rotatable bonds is 5. The number of benzene rings is 1. The van der Waals surface area contributed by atoms with Crippen LogP contribution in [0.25, 0.3) is 0 Å². The fourth-order valence-corrected chi connectivity index (χ4v) is 3.52. The molecule has 0 aliphatic carbocycles. The summed E-state index contributed by atoms with van der Waals surface area (Å²) >= 11 is 0. The predicted molar refractivity (Wildman–Crippen MR) is 57.7 cm³/mol. The Morgan fingerprint density at radius 2 is 1.60 bits per heavy atom. The van der Waals surface area contributed by atoms with Gasteiger partial charge in [-0.1, -0.05) is 24.3 Å². The molecule has 0 atom stereocenters. The van der Waals surface area contributed by atoms with E-state index in [0.717, 1.165) is 0 Å². The maximum atomic E-state index is 12.8. The lowest BCUT2D eigenvalue weighted by Gasteiger charge is -2.25. The van der Waals surface area contributed by atoms with Crippen molar-refractivity contribution in [2.75, 3.05) is 21.3 Å². The normalized spacial score (nSPS) is 11.7. The molecule has 0 aromatic heterocycles. The van der Waals surface area contributed by atoms with E-state index in [1.807, 2.05) is 6.07 Å². The summed E-state index contributed by atoms with van der Waals surface area (Å²) in [5.74, 6) is 0. The van der Waals surface area contributed by atoms with Gasteiger partial charge in [-0.05, 0) is 5.56 Å². The van der Waals surface area contributed by atoms with Gasteiger partial charge in [0.15, 0.2) is 0 Å². The highest BCUT2D eigenvalue weighted by Gasteiger charge is 2.42. The van der Waals surface area contributed by atoms with Gasteiger partial charge >= 0.3 is 8.80 Å². The summed E-state index contributed by atoms with van der Waals surface area (Å²) in [6, 6.07) is 7.07. The minimum Gasteiger partial charge on any atom is -0.373 e. The molecule has 0 saturated carbocycles. The lowest BCUT2D eigenvalue weighted by Crippen LogP contribution is -2.55. The molecule has 15 heavy (non-hydrogen) atoms. The number of hydrogen-bond donors (Lipinski definition) is 0. The van der Waals surface area contributed by atoms with E-state index in [2.05, 4.69) is 0 Å². The quantitative estimate of drug-likeness (QED) is 0.712. The monoisotopic (exact) mass is 230 g/mol. The molecule has 0 N–H and O–H groups in total. The maximum Gasteiger partial charge on any atom is 0.536 e. The summed E-state index contributed by atoms with van der Waals surface area (Å²) in [7, 11) is 1.63. The van der Waals surface area contributed by atoms with Crippen molar-refractivity contribution in [3.05, 3.63) is 29.8 Å². The van der Waals surface area contributed by atoms with Crippen LogP contribution in [-0.4, -0.2) is 30.1 Å². The van der Waals surface area contributed by atoms with Gasteiger partial charge in [-0.3, -0.25) is 0 Å². The number of alkyl halides is 1. The molecule has 0 aliphatic heterocycles. The lowest BCUT2D eigenvalue weighted by molar-refractivity contribution is 0.140. The molecule has 1 aromatic rings. The van der Waals surface area contributed by atoms with Crippen LogP contribution >= 0.6 is 0 Å². The Bertz CT molecular complexity index is 307. The fourth-order valence-electron chi connectivity index (χ4n) is 1.52. The van der Waals surface area contributed by atoms with Gasteiger partial charge in [0.05, 0.1) is 0 Å². The first-order valence-corrected chi connectivity index (χ1v) is 6.26. The molecule has 3 nitrogen and oxygen atoms in total. The minimum atomic E-state index is -2.90. The molecule has 0 bridgehead atoms. The summed E-state index contributed by atoms with van der Waals surface area (Å²) < 4.78 is 28.7. The Hall–Kier alpha value is -0.753. The highest BCUT2D eigenvalue weighted by Crippen LogP contribution is 2.11. The van der Waals surface area contributed by atoms with Gasteiger partial charge in [0.25, 0.3) is 0 Å². The van der Waals surface area contributed by atoms with E-state index >= 15 is 0 Å². The van der Waals surface area contributed by atoms with Crippen LogP contribution in [0.4, 0.5) is 4.39 Å². The van der Waals surface area contributed by atoms with E-state index < -0.39 is 15.5 Å². The second kappa shape index (κ2) is 5.36. The average molecular weight is 230 g/mol. The summed E-state index contributed by atoms with van der Waals surface area (Å²) in [5.41, 5.74) is 0.551. The minimum absolute atomic E-state index is 0.551. The Kier molecular flexibility index (Phi) is 4.40. The van der Waals surface area contributed by atoms with Gasteiger partial charge in [0.2, 0.25) is 0 Å². The van der Waals surface area contributed by atoms with Gasteiger partial charge in [0.1, 0.15) is 6.67 Å². The van der Waals surface area contributed by atoms with Gasteiger partial charge < -0.3 is 13.3 Å². The average Bonchev–Trinajstić information content (AvgIpc) is 2.33. The third kappa shape index (κ3) is 2.26. The SMILES string of the molecule is CO[Si](OC)(OC)c1ccccc1CF. The van der Waals surface area contributed by atoms with Crippen LogP contribution in [0.1, 0.15) is 5.56 Å². The van der Waals surface area contributed by atoms with Crippen molar-refractivity contribution in [1.29, 1.82) is 0 Å². The first-order valence-electron chi connectivity index (χ1n) is 4.54. The summed E-state index contributed by atoms with van der Waals surface area (Å²) in [6.07, 6.45) is 0. The molecule has 0 radical (unpaired) electrons. The molecule has 0 amide bonds. The standard InChI is InChI=1S/C10H15FO3Si/c1-12-15(13-2,14-3)10-7-5-4-6-9(10)8-11/h4-7H,8H2,1-3H3. The van der Waals surface area contributed by atoms with Crippen molar-refractivity contribution >= 4 is 14.0 Å². The van der Waals surface area contributed by atoms with Crippen molar-refractivity contribution in [2.24, 2.45) is 0 Å². The summed E-state index contributed by atoms with van der Waals surface area (Å²) in [5, 5.41) is 0.681. The highest BCUT2D eigenvalue weighted by molar-refractivity contribution is 6.75. The van der Waals surface area contributed by atoms with E-state index in [1.54, 1.807) is 18.2 Å². The van der Waals surface area contributed by atoms with Crippen molar-refractivity contribution in [3.63, 3.8) is 0 Å². The van der Waals surface area contributed by atoms with E-state index in [4.69, 9.17) is 13.3 Å². The summed E-state index contributed by atoms with van der Waals surface area (Å²) in [6.45, 7) is -0.555. The zero-order chi connectivity index (χ0) is 11.3. The molecule has 1 rings (SSSR count). The van der Waals surface area contributed by atoms with Crippen LogP contribution < -0.4 is 5.19 Å². The Morgan fingerprint density at radius 1 is 1.07 bits per heavy atom. The van der Waals surface area contributed by atoms with Crippen LogP contribution in [-0.2, 0) is 20.0 Å². The highest BCUT2D eigenvalue weighted by atomic mass is 28.4. The third-order valence-electron chi connectivity index (χ3n) is 2.30. The molecule has 0 unspecified atom stereocenters. The van der Waals surface area contributed by atoms with Crippen LogP contribution in [0.3, 0.4) is 0 Å². The molecule has 0 heterocycles. The molecule has 5 heteroatoms. The zero-order valence-electron chi connectivity index (χ0n) is 9.12. The van der Waals surface area contributed by atoms with Crippen LogP contribution in [0.2, 0.25) is 0 Å². The van der Waals surface area contributed by atoms with E-state index in [0.29, 0.717) is 10.8 Å². The van der Waals surface area contributed by atoms with Crippen LogP contribution in [0.5, 0.6) is 0 Å². The molecule has 0 aliphatic rings. The van der Waals surface area contributed by atoms with Gasteiger partial charge in [-0.15, -0.1) is 0 Å². The second-order valence-corrected chi connectivity index (χ2v) is 5.84. The lowest BCUT2D eigenvalue weighted by atomic mass is 10.2. The third-order valence-corrected chi connectivity index (χ3v) is 5.06. The molecule has 0 fully saturated rings. The Labute approximate surface area is 90.1 Å².